The van der Waals surface area contributed by atoms with Gasteiger partial charge < -0.3 is 21.3 Å². The number of aliphatic hydroxyl groups excluding tert-OH is 1. The molecule has 16 heavy (non-hydrogen) atoms. The molecule has 5 nitrogen and oxygen atoms in total. The Bertz CT molecular complexity index is 227. The number of carbonyl (C=O) groups is 1. The average molecular weight is 230 g/mol. The first-order chi connectivity index (χ1) is 7.59. The van der Waals surface area contributed by atoms with Gasteiger partial charge in [-0.3, -0.25) is 4.79 Å². The van der Waals surface area contributed by atoms with Crippen molar-refractivity contribution in [3.8, 4) is 0 Å². The Labute approximate surface area is 96.0 Å². The van der Waals surface area contributed by atoms with Crippen LogP contribution in [0.4, 0.5) is 0 Å². The molecule has 0 aromatic carbocycles. The number of carboxylic acids is 1. The summed E-state index contributed by atoms with van der Waals surface area (Å²) in [5.74, 6) is -0.991. The molecule has 5 heteroatoms. The summed E-state index contributed by atoms with van der Waals surface area (Å²) in [6.45, 7) is 1.09. The van der Waals surface area contributed by atoms with Crippen LogP contribution in [0, 0.1) is 5.41 Å². The summed E-state index contributed by atoms with van der Waals surface area (Å²) >= 11 is 0. The van der Waals surface area contributed by atoms with Crippen molar-refractivity contribution in [2.45, 2.75) is 38.1 Å². The second-order valence-electron chi connectivity index (χ2n) is 4.79. The van der Waals surface area contributed by atoms with Gasteiger partial charge in [-0.05, 0) is 12.8 Å². The number of aliphatic carboxylic acids is 1. The molecule has 0 aromatic rings. The molecule has 1 unspecified atom stereocenters. The van der Waals surface area contributed by atoms with Crippen LogP contribution in [0.1, 0.15) is 32.1 Å². The molecule has 1 aliphatic carbocycles. The fourth-order valence-corrected chi connectivity index (χ4v) is 2.27. The molecule has 0 heterocycles. The minimum atomic E-state index is -0.991. The van der Waals surface area contributed by atoms with Crippen LogP contribution in [0.25, 0.3) is 0 Å². The Morgan fingerprint density at radius 3 is 2.50 bits per heavy atom. The topological polar surface area (TPSA) is 95.6 Å². The van der Waals surface area contributed by atoms with Gasteiger partial charge in [-0.1, -0.05) is 19.3 Å². The molecule has 94 valence electrons. The number of hydrogen-bond acceptors (Lipinski definition) is 4. The van der Waals surface area contributed by atoms with Gasteiger partial charge in [0.15, 0.2) is 0 Å². The maximum Gasteiger partial charge on any atom is 0.321 e. The van der Waals surface area contributed by atoms with Crippen LogP contribution >= 0.6 is 0 Å². The molecule has 0 radical (unpaired) electrons. The summed E-state index contributed by atoms with van der Waals surface area (Å²) in [5, 5.41) is 21.1. The molecule has 1 fully saturated rings. The van der Waals surface area contributed by atoms with E-state index in [0.717, 1.165) is 25.7 Å². The van der Waals surface area contributed by atoms with Gasteiger partial charge in [-0.2, -0.15) is 0 Å². The van der Waals surface area contributed by atoms with Gasteiger partial charge >= 0.3 is 5.97 Å². The molecule has 5 N–H and O–H groups in total. The van der Waals surface area contributed by atoms with E-state index in [0.29, 0.717) is 6.54 Å². The van der Waals surface area contributed by atoms with E-state index in [-0.39, 0.29) is 18.6 Å². The van der Waals surface area contributed by atoms with Gasteiger partial charge in [-0.25, -0.2) is 0 Å². The summed E-state index contributed by atoms with van der Waals surface area (Å²) in [6.07, 6.45) is 5.55. The molecular weight excluding hydrogens is 208 g/mol. The minimum absolute atomic E-state index is 0.0591. The van der Waals surface area contributed by atoms with Gasteiger partial charge in [0.25, 0.3) is 0 Å². The third kappa shape index (κ3) is 3.73. The molecule has 0 saturated heterocycles. The van der Waals surface area contributed by atoms with Gasteiger partial charge in [0.2, 0.25) is 0 Å². The summed E-state index contributed by atoms with van der Waals surface area (Å²) in [6, 6.07) is -0.862. The van der Waals surface area contributed by atoms with Crippen molar-refractivity contribution >= 4 is 5.97 Å². The lowest BCUT2D eigenvalue weighted by Gasteiger charge is -2.36. The number of rotatable bonds is 6. The lowest BCUT2D eigenvalue weighted by molar-refractivity contribution is -0.138. The van der Waals surface area contributed by atoms with E-state index in [2.05, 4.69) is 5.32 Å². The van der Waals surface area contributed by atoms with Crippen molar-refractivity contribution in [3.63, 3.8) is 0 Å². The van der Waals surface area contributed by atoms with Crippen molar-refractivity contribution in [1.82, 2.24) is 5.32 Å². The first-order valence-electron chi connectivity index (χ1n) is 5.90. The van der Waals surface area contributed by atoms with Crippen LogP contribution < -0.4 is 11.1 Å². The Balaban J connectivity index is 2.31. The Morgan fingerprint density at radius 2 is 2.00 bits per heavy atom. The SMILES string of the molecule is NC(CNCC1(CO)CCCCC1)C(=O)O. The molecular formula is C11H22N2O3. The number of aliphatic hydroxyl groups is 1. The number of nitrogens with two attached hydrogens (primary N) is 1. The van der Waals surface area contributed by atoms with Crippen LogP contribution in [-0.4, -0.2) is 41.9 Å². The fourth-order valence-electron chi connectivity index (χ4n) is 2.27. The van der Waals surface area contributed by atoms with Crippen LogP contribution in [-0.2, 0) is 4.79 Å². The fraction of sp³-hybridized carbons (Fsp3) is 0.909. The maximum atomic E-state index is 10.5. The van der Waals surface area contributed by atoms with Crippen LogP contribution in [0.2, 0.25) is 0 Å². The smallest absolute Gasteiger partial charge is 0.321 e. The predicted octanol–water partition coefficient (Wildman–Crippen LogP) is -0.0693. The zero-order chi connectivity index (χ0) is 12.0. The van der Waals surface area contributed by atoms with Crippen LogP contribution in [0.5, 0.6) is 0 Å². The lowest BCUT2D eigenvalue weighted by atomic mass is 9.74. The van der Waals surface area contributed by atoms with E-state index >= 15 is 0 Å². The number of hydrogen-bond donors (Lipinski definition) is 4. The second kappa shape index (κ2) is 6.18. The normalized spacial score (nSPS) is 21.6. The van der Waals surface area contributed by atoms with Crippen molar-refractivity contribution in [2.24, 2.45) is 11.1 Å². The quantitative estimate of drug-likeness (QED) is 0.512. The standard InChI is InChI=1S/C11H22N2O3/c12-9(10(15)16)6-13-7-11(8-14)4-2-1-3-5-11/h9,13-14H,1-8,12H2,(H,15,16). The van der Waals surface area contributed by atoms with Crippen molar-refractivity contribution in [3.05, 3.63) is 0 Å². The molecule has 0 aliphatic heterocycles. The molecule has 0 aromatic heterocycles. The highest BCUT2D eigenvalue weighted by atomic mass is 16.4. The number of nitrogens with one attached hydrogen (secondary N) is 1. The highest BCUT2D eigenvalue weighted by molar-refractivity contribution is 5.73. The van der Waals surface area contributed by atoms with Crippen LogP contribution in [0.15, 0.2) is 0 Å². The molecule has 1 atom stereocenters. The Hall–Kier alpha value is -0.650. The average Bonchev–Trinajstić information content (AvgIpc) is 2.30. The first-order valence-corrected chi connectivity index (χ1v) is 5.90. The van der Waals surface area contributed by atoms with E-state index in [9.17, 15) is 9.90 Å². The minimum Gasteiger partial charge on any atom is -0.480 e. The number of carboxylic acid groups (broad SMARTS) is 1. The van der Waals surface area contributed by atoms with E-state index in [1.54, 1.807) is 0 Å². The molecule has 1 aliphatic rings. The van der Waals surface area contributed by atoms with Crippen LogP contribution in [0.3, 0.4) is 0 Å². The van der Waals surface area contributed by atoms with E-state index in [1.165, 1.54) is 6.42 Å². The highest BCUT2D eigenvalue weighted by Gasteiger charge is 2.31. The van der Waals surface area contributed by atoms with E-state index in [1.807, 2.05) is 0 Å². The third-order valence-corrected chi connectivity index (χ3v) is 3.43. The lowest BCUT2D eigenvalue weighted by Crippen LogP contribution is -2.45. The van der Waals surface area contributed by atoms with Gasteiger partial charge in [0, 0.05) is 25.1 Å². The maximum absolute atomic E-state index is 10.5. The molecule has 1 saturated carbocycles. The second-order valence-corrected chi connectivity index (χ2v) is 4.79. The van der Waals surface area contributed by atoms with Gasteiger partial charge in [0.05, 0.1) is 0 Å². The highest BCUT2D eigenvalue weighted by Crippen LogP contribution is 2.35. The summed E-state index contributed by atoms with van der Waals surface area (Å²) < 4.78 is 0. The van der Waals surface area contributed by atoms with Gasteiger partial charge in [-0.15, -0.1) is 0 Å². The molecule has 0 bridgehead atoms. The van der Waals surface area contributed by atoms with E-state index in [4.69, 9.17) is 10.8 Å². The van der Waals surface area contributed by atoms with Crippen molar-refractivity contribution in [2.75, 3.05) is 19.7 Å². The molecule has 0 amide bonds. The monoisotopic (exact) mass is 230 g/mol. The first kappa shape index (κ1) is 13.4. The van der Waals surface area contributed by atoms with Crippen molar-refractivity contribution in [1.29, 1.82) is 0 Å². The molecule has 1 rings (SSSR count). The Kier molecular flexibility index (Phi) is 5.18. The van der Waals surface area contributed by atoms with E-state index < -0.39 is 12.0 Å². The summed E-state index contributed by atoms with van der Waals surface area (Å²) in [5.41, 5.74) is 5.33. The Morgan fingerprint density at radius 1 is 1.38 bits per heavy atom. The predicted molar refractivity (Wildman–Crippen MR) is 61.1 cm³/mol. The summed E-state index contributed by atoms with van der Waals surface area (Å²) in [4.78, 5) is 10.5. The largest absolute Gasteiger partial charge is 0.480 e. The zero-order valence-electron chi connectivity index (χ0n) is 9.61. The summed E-state index contributed by atoms with van der Waals surface area (Å²) in [7, 11) is 0. The van der Waals surface area contributed by atoms with Gasteiger partial charge in [0.1, 0.15) is 6.04 Å². The third-order valence-electron chi connectivity index (χ3n) is 3.43. The molecule has 0 spiro atoms. The van der Waals surface area contributed by atoms with Crippen molar-refractivity contribution < 1.29 is 15.0 Å². The zero-order valence-corrected chi connectivity index (χ0v) is 9.61.